The van der Waals surface area contributed by atoms with E-state index in [0.717, 1.165) is 19.2 Å². The van der Waals surface area contributed by atoms with Gasteiger partial charge in [0.05, 0.1) is 10.7 Å². The van der Waals surface area contributed by atoms with Crippen molar-refractivity contribution >= 4 is 67.8 Å². The highest BCUT2D eigenvalue weighted by Crippen LogP contribution is 2.35. The monoisotopic (exact) mass is 636 g/mol. The Labute approximate surface area is 219 Å². The number of nitrogens with one attached hydrogen (secondary N) is 1. The van der Waals surface area contributed by atoms with Gasteiger partial charge in [-0.05, 0) is 88.7 Å². The highest BCUT2D eigenvalue weighted by atomic mass is 127. The molecule has 0 saturated heterocycles. The standard InChI is InChI=1S/C25H19BrClIN2O3/c1-15-20(27)4-3-5-22(15)30-25(31)18(13-29)10-17-11-21(28)24(23(12-17)32-2)33-14-16-6-8-19(26)9-7-16/h3-12H,14H2,1-2H3,(H,30,31)/b18-10-. The van der Waals surface area contributed by atoms with Crippen LogP contribution >= 0.6 is 50.1 Å². The summed E-state index contributed by atoms with van der Waals surface area (Å²) in [4.78, 5) is 12.7. The average molecular weight is 638 g/mol. The molecule has 5 nitrogen and oxygen atoms in total. The number of benzene rings is 3. The summed E-state index contributed by atoms with van der Waals surface area (Å²) in [5, 5.41) is 12.9. The summed E-state index contributed by atoms with van der Waals surface area (Å²) in [6, 6.07) is 18.6. The van der Waals surface area contributed by atoms with Gasteiger partial charge in [-0.25, -0.2) is 0 Å². The van der Waals surface area contributed by atoms with Crippen molar-refractivity contribution in [2.45, 2.75) is 13.5 Å². The number of carbonyl (C=O) groups is 1. The van der Waals surface area contributed by atoms with Crippen LogP contribution in [0.2, 0.25) is 5.02 Å². The van der Waals surface area contributed by atoms with Gasteiger partial charge in [0.1, 0.15) is 18.2 Å². The first-order chi connectivity index (χ1) is 15.8. The van der Waals surface area contributed by atoms with E-state index >= 15 is 0 Å². The molecule has 168 valence electrons. The Balaban J connectivity index is 1.83. The van der Waals surface area contributed by atoms with Crippen molar-refractivity contribution in [2.75, 3.05) is 12.4 Å². The van der Waals surface area contributed by atoms with E-state index in [2.05, 4.69) is 43.8 Å². The van der Waals surface area contributed by atoms with Crippen LogP contribution in [0.15, 0.2) is 64.6 Å². The summed E-state index contributed by atoms with van der Waals surface area (Å²) in [7, 11) is 1.55. The van der Waals surface area contributed by atoms with Crippen LogP contribution in [0.4, 0.5) is 5.69 Å². The molecule has 1 amide bonds. The van der Waals surface area contributed by atoms with Crippen molar-refractivity contribution in [1.29, 1.82) is 5.26 Å². The van der Waals surface area contributed by atoms with Gasteiger partial charge in [0.15, 0.2) is 11.5 Å². The number of nitrogens with zero attached hydrogens (tertiary/aromatic N) is 1. The fourth-order valence-electron chi connectivity index (χ4n) is 2.95. The summed E-state index contributed by atoms with van der Waals surface area (Å²) in [5.74, 6) is 0.580. The number of hydrogen-bond acceptors (Lipinski definition) is 4. The Morgan fingerprint density at radius 2 is 1.97 bits per heavy atom. The predicted octanol–water partition coefficient (Wildman–Crippen LogP) is 7.15. The minimum absolute atomic E-state index is 0.0456. The van der Waals surface area contributed by atoms with E-state index in [1.54, 1.807) is 38.3 Å². The second-order valence-corrected chi connectivity index (χ2v) is 9.47. The third-order valence-corrected chi connectivity index (χ3v) is 6.48. The van der Waals surface area contributed by atoms with Crippen LogP contribution in [-0.4, -0.2) is 13.0 Å². The number of amides is 1. The minimum Gasteiger partial charge on any atom is -0.493 e. The molecule has 0 aliphatic heterocycles. The lowest BCUT2D eigenvalue weighted by Gasteiger charge is -2.14. The van der Waals surface area contributed by atoms with Gasteiger partial charge in [-0.2, -0.15) is 5.26 Å². The normalized spacial score (nSPS) is 11.0. The zero-order valence-electron chi connectivity index (χ0n) is 17.8. The molecule has 0 aliphatic rings. The molecule has 0 radical (unpaired) electrons. The molecule has 3 rings (SSSR count). The first-order valence-electron chi connectivity index (χ1n) is 9.75. The van der Waals surface area contributed by atoms with E-state index in [1.807, 2.05) is 36.4 Å². The highest BCUT2D eigenvalue weighted by molar-refractivity contribution is 14.1. The molecule has 8 heteroatoms. The van der Waals surface area contributed by atoms with Gasteiger partial charge in [0.2, 0.25) is 0 Å². The van der Waals surface area contributed by atoms with Gasteiger partial charge in [-0.1, -0.05) is 45.7 Å². The number of methoxy groups -OCH3 is 1. The number of nitriles is 1. The first-order valence-corrected chi connectivity index (χ1v) is 12.0. The molecule has 1 N–H and O–H groups in total. The third-order valence-electron chi connectivity index (χ3n) is 4.74. The zero-order chi connectivity index (χ0) is 24.0. The molecule has 0 spiro atoms. The van der Waals surface area contributed by atoms with Crippen molar-refractivity contribution in [3.63, 3.8) is 0 Å². The lowest BCUT2D eigenvalue weighted by molar-refractivity contribution is -0.112. The van der Waals surface area contributed by atoms with E-state index in [9.17, 15) is 10.1 Å². The zero-order valence-corrected chi connectivity index (χ0v) is 22.3. The maximum absolute atomic E-state index is 12.7. The Hall–Kier alpha value is -2.54. The Morgan fingerprint density at radius 3 is 2.64 bits per heavy atom. The van der Waals surface area contributed by atoms with E-state index in [1.165, 1.54) is 6.08 Å². The number of ether oxygens (including phenoxy) is 2. The van der Waals surface area contributed by atoms with Crippen LogP contribution in [0.1, 0.15) is 16.7 Å². The molecule has 0 unspecified atom stereocenters. The number of rotatable bonds is 7. The molecule has 0 aromatic heterocycles. The Morgan fingerprint density at radius 1 is 1.24 bits per heavy atom. The Bertz CT molecular complexity index is 1250. The smallest absolute Gasteiger partial charge is 0.266 e. The molecule has 0 aliphatic carbocycles. The predicted molar refractivity (Wildman–Crippen MR) is 143 cm³/mol. The second kappa shape index (κ2) is 11.5. The van der Waals surface area contributed by atoms with E-state index in [0.29, 0.717) is 34.4 Å². The molecule has 0 saturated carbocycles. The maximum atomic E-state index is 12.7. The quantitative estimate of drug-likeness (QED) is 0.170. The summed E-state index contributed by atoms with van der Waals surface area (Å²) in [6.07, 6.45) is 1.51. The second-order valence-electron chi connectivity index (χ2n) is 6.99. The van der Waals surface area contributed by atoms with Crippen molar-refractivity contribution in [2.24, 2.45) is 0 Å². The van der Waals surface area contributed by atoms with Crippen LogP contribution in [0.25, 0.3) is 6.08 Å². The van der Waals surface area contributed by atoms with Gasteiger partial charge in [0, 0.05) is 15.2 Å². The van der Waals surface area contributed by atoms with Crippen molar-refractivity contribution in [3.8, 4) is 17.6 Å². The lowest BCUT2D eigenvalue weighted by atomic mass is 10.1. The van der Waals surface area contributed by atoms with Crippen LogP contribution in [-0.2, 0) is 11.4 Å². The Kier molecular flexibility index (Phi) is 8.78. The molecule has 0 fully saturated rings. The van der Waals surface area contributed by atoms with Gasteiger partial charge in [-0.3, -0.25) is 4.79 Å². The van der Waals surface area contributed by atoms with Crippen LogP contribution in [0.3, 0.4) is 0 Å². The fourth-order valence-corrected chi connectivity index (χ4v) is 4.17. The van der Waals surface area contributed by atoms with Crippen LogP contribution in [0, 0.1) is 21.8 Å². The van der Waals surface area contributed by atoms with Gasteiger partial charge >= 0.3 is 0 Å². The molecular weight excluding hydrogens is 619 g/mol. The van der Waals surface area contributed by atoms with Crippen molar-refractivity contribution < 1.29 is 14.3 Å². The maximum Gasteiger partial charge on any atom is 0.266 e. The summed E-state index contributed by atoms with van der Waals surface area (Å²) < 4.78 is 13.3. The lowest BCUT2D eigenvalue weighted by Crippen LogP contribution is -2.14. The number of halogens is 3. The van der Waals surface area contributed by atoms with Crippen LogP contribution < -0.4 is 14.8 Å². The molecular formula is C25H19BrClIN2O3. The third kappa shape index (κ3) is 6.50. The number of hydrogen-bond donors (Lipinski definition) is 1. The minimum atomic E-state index is -0.521. The van der Waals surface area contributed by atoms with Crippen LogP contribution in [0.5, 0.6) is 11.5 Å². The van der Waals surface area contributed by atoms with E-state index < -0.39 is 5.91 Å². The molecule has 0 heterocycles. The molecule has 3 aromatic rings. The fraction of sp³-hybridized carbons (Fsp3) is 0.120. The average Bonchev–Trinajstić information content (AvgIpc) is 2.80. The van der Waals surface area contributed by atoms with Crippen molar-refractivity contribution in [3.05, 3.63) is 89.9 Å². The summed E-state index contributed by atoms with van der Waals surface area (Å²) in [5.41, 5.74) is 2.89. The van der Waals surface area contributed by atoms with Gasteiger partial charge < -0.3 is 14.8 Å². The first kappa shape index (κ1) is 25.1. The SMILES string of the molecule is COc1cc(/C=C(/C#N)C(=O)Nc2cccc(Cl)c2C)cc(I)c1OCc1ccc(Br)cc1. The molecule has 0 atom stereocenters. The van der Waals surface area contributed by atoms with E-state index in [-0.39, 0.29) is 5.57 Å². The summed E-state index contributed by atoms with van der Waals surface area (Å²) >= 11 is 11.7. The molecule has 3 aromatic carbocycles. The molecule has 33 heavy (non-hydrogen) atoms. The summed E-state index contributed by atoms with van der Waals surface area (Å²) in [6.45, 7) is 2.17. The largest absolute Gasteiger partial charge is 0.493 e. The number of carbonyl (C=O) groups excluding carboxylic acids is 1. The highest BCUT2D eigenvalue weighted by Gasteiger charge is 2.15. The van der Waals surface area contributed by atoms with Gasteiger partial charge in [0.25, 0.3) is 5.91 Å². The molecule has 0 bridgehead atoms. The topological polar surface area (TPSA) is 71.3 Å². The number of anilines is 1. The van der Waals surface area contributed by atoms with E-state index in [4.69, 9.17) is 21.1 Å². The van der Waals surface area contributed by atoms with Crippen molar-refractivity contribution in [1.82, 2.24) is 0 Å². The van der Waals surface area contributed by atoms with Gasteiger partial charge in [-0.15, -0.1) is 0 Å².